The summed E-state index contributed by atoms with van der Waals surface area (Å²) in [6.07, 6.45) is 10.5. The zero-order valence-corrected chi connectivity index (χ0v) is 9.62. The van der Waals surface area contributed by atoms with Crippen molar-refractivity contribution in [1.29, 1.82) is 0 Å². The largest absolute Gasteiger partial charge is 0.396 e. The fraction of sp³-hybridized carbons (Fsp3) is 1.00. The van der Waals surface area contributed by atoms with E-state index in [9.17, 15) is 10.2 Å². The highest BCUT2D eigenvalue weighted by atomic mass is 16.3. The lowest BCUT2D eigenvalue weighted by Crippen LogP contribution is -2.49. The molecule has 2 heteroatoms. The van der Waals surface area contributed by atoms with Crippen LogP contribution in [0.2, 0.25) is 0 Å². The average molecular weight is 212 g/mol. The minimum atomic E-state index is -0.534. The van der Waals surface area contributed by atoms with Crippen LogP contribution in [-0.2, 0) is 0 Å². The Balaban J connectivity index is 2.06. The molecular formula is C13H24O2. The van der Waals surface area contributed by atoms with Gasteiger partial charge < -0.3 is 10.2 Å². The Morgan fingerprint density at radius 2 is 1.60 bits per heavy atom. The van der Waals surface area contributed by atoms with Crippen molar-refractivity contribution in [3.63, 3.8) is 0 Å². The van der Waals surface area contributed by atoms with Crippen molar-refractivity contribution < 1.29 is 10.2 Å². The second-order valence-corrected chi connectivity index (χ2v) is 5.45. The summed E-state index contributed by atoms with van der Waals surface area (Å²) in [6, 6.07) is 0. The summed E-state index contributed by atoms with van der Waals surface area (Å²) in [6.45, 7) is 0.174. The van der Waals surface area contributed by atoms with Gasteiger partial charge in [-0.25, -0.2) is 0 Å². The van der Waals surface area contributed by atoms with E-state index in [1.165, 1.54) is 38.5 Å². The number of hydrogen-bond donors (Lipinski definition) is 2. The zero-order valence-electron chi connectivity index (χ0n) is 9.62. The molecule has 2 rings (SSSR count). The van der Waals surface area contributed by atoms with Gasteiger partial charge in [0.2, 0.25) is 0 Å². The monoisotopic (exact) mass is 212 g/mol. The molecule has 0 unspecified atom stereocenters. The van der Waals surface area contributed by atoms with E-state index >= 15 is 0 Å². The zero-order chi connectivity index (χ0) is 10.7. The first-order valence-electron chi connectivity index (χ1n) is 6.60. The predicted octanol–water partition coefficient (Wildman–Crippen LogP) is 2.48. The van der Waals surface area contributed by atoms with Crippen LogP contribution < -0.4 is 0 Å². The number of aliphatic hydroxyl groups excluding tert-OH is 1. The van der Waals surface area contributed by atoms with Crippen molar-refractivity contribution in [2.75, 3.05) is 6.61 Å². The van der Waals surface area contributed by atoms with Crippen molar-refractivity contribution in [2.45, 2.75) is 63.4 Å². The molecule has 0 radical (unpaired) electrons. The van der Waals surface area contributed by atoms with Crippen LogP contribution in [0.3, 0.4) is 0 Å². The second-order valence-electron chi connectivity index (χ2n) is 5.45. The van der Waals surface area contributed by atoms with Gasteiger partial charge in [0.1, 0.15) is 0 Å². The summed E-state index contributed by atoms with van der Waals surface area (Å²) >= 11 is 0. The Bertz CT molecular complexity index is 199. The molecule has 2 aliphatic carbocycles. The number of rotatable bonds is 2. The third-order valence-corrected chi connectivity index (χ3v) is 4.62. The van der Waals surface area contributed by atoms with E-state index < -0.39 is 5.60 Å². The lowest BCUT2D eigenvalue weighted by Gasteiger charge is -2.46. The standard InChI is InChI=1S/C13H24O2/c14-10-12-8-4-5-9-13(12,15)11-6-2-1-3-7-11/h11-12,14-15H,1-10H2/t12-,13+/m1/s1. The molecule has 0 amide bonds. The van der Waals surface area contributed by atoms with Crippen LogP contribution in [0.4, 0.5) is 0 Å². The van der Waals surface area contributed by atoms with E-state index in [1.54, 1.807) is 0 Å². The first-order valence-corrected chi connectivity index (χ1v) is 6.60. The van der Waals surface area contributed by atoms with E-state index in [0.717, 1.165) is 19.3 Å². The minimum Gasteiger partial charge on any atom is -0.396 e. The summed E-state index contributed by atoms with van der Waals surface area (Å²) in [5.41, 5.74) is -0.534. The molecule has 0 bridgehead atoms. The van der Waals surface area contributed by atoms with Gasteiger partial charge in [0, 0.05) is 12.5 Å². The van der Waals surface area contributed by atoms with Crippen molar-refractivity contribution in [3.8, 4) is 0 Å². The van der Waals surface area contributed by atoms with E-state index in [4.69, 9.17) is 0 Å². The molecule has 2 atom stereocenters. The smallest absolute Gasteiger partial charge is 0.0725 e. The van der Waals surface area contributed by atoms with Gasteiger partial charge in [-0.15, -0.1) is 0 Å². The molecule has 2 saturated carbocycles. The van der Waals surface area contributed by atoms with Crippen molar-refractivity contribution in [1.82, 2.24) is 0 Å². The Morgan fingerprint density at radius 3 is 2.27 bits per heavy atom. The molecule has 2 N–H and O–H groups in total. The molecule has 0 spiro atoms. The van der Waals surface area contributed by atoms with E-state index in [2.05, 4.69) is 0 Å². The summed E-state index contributed by atoms with van der Waals surface area (Å²) < 4.78 is 0. The first-order chi connectivity index (χ1) is 7.27. The highest BCUT2D eigenvalue weighted by molar-refractivity contribution is 4.95. The minimum absolute atomic E-state index is 0.148. The van der Waals surface area contributed by atoms with Gasteiger partial charge in [-0.1, -0.05) is 32.1 Å². The molecule has 2 nitrogen and oxygen atoms in total. The summed E-state index contributed by atoms with van der Waals surface area (Å²) in [7, 11) is 0. The fourth-order valence-corrected chi connectivity index (χ4v) is 3.64. The van der Waals surface area contributed by atoms with Crippen LogP contribution in [0.15, 0.2) is 0 Å². The maximum absolute atomic E-state index is 10.8. The van der Waals surface area contributed by atoms with Crippen molar-refractivity contribution in [3.05, 3.63) is 0 Å². The van der Waals surface area contributed by atoms with E-state index in [0.29, 0.717) is 5.92 Å². The molecule has 0 heterocycles. The maximum Gasteiger partial charge on any atom is 0.0725 e. The van der Waals surface area contributed by atoms with Gasteiger partial charge >= 0.3 is 0 Å². The molecule has 88 valence electrons. The third-order valence-electron chi connectivity index (χ3n) is 4.62. The Kier molecular flexibility index (Phi) is 3.68. The van der Waals surface area contributed by atoms with Crippen LogP contribution in [0.1, 0.15) is 57.8 Å². The third kappa shape index (κ3) is 2.21. The van der Waals surface area contributed by atoms with Gasteiger partial charge in [-0.3, -0.25) is 0 Å². The van der Waals surface area contributed by atoms with Crippen LogP contribution in [0.5, 0.6) is 0 Å². The molecule has 0 aromatic rings. The number of aliphatic hydroxyl groups is 2. The van der Waals surface area contributed by atoms with Crippen molar-refractivity contribution in [2.24, 2.45) is 11.8 Å². The maximum atomic E-state index is 10.8. The van der Waals surface area contributed by atoms with Crippen LogP contribution in [0.25, 0.3) is 0 Å². The second kappa shape index (κ2) is 4.84. The van der Waals surface area contributed by atoms with Gasteiger partial charge in [0.25, 0.3) is 0 Å². The Hall–Kier alpha value is -0.0800. The SMILES string of the molecule is OC[C@H]1CCCC[C@]1(O)C1CCCCC1. The summed E-state index contributed by atoms with van der Waals surface area (Å²) in [4.78, 5) is 0. The van der Waals surface area contributed by atoms with Crippen LogP contribution >= 0.6 is 0 Å². The molecule has 0 aliphatic heterocycles. The van der Waals surface area contributed by atoms with Crippen LogP contribution in [-0.4, -0.2) is 22.4 Å². The normalized spacial score (nSPS) is 39.2. The topological polar surface area (TPSA) is 40.5 Å². The summed E-state index contributed by atoms with van der Waals surface area (Å²) in [5, 5.41) is 20.2. The molecule has 15 heavy (non-hydrogen) atoms. The molecule has 0 saturated heterocycles. The molecule has 0 aromatic carbocycles. The molecule has 2 fully saturated rings. The molecular weight excluding hydrogens is 188 g/mol. The summed E-state index contributed by atoms with van der Waals surface area (Å²) in [5.74, 6) is 0.609. The highest BCUT2D eigenvalue weighted by Crippen LogP contribution is 2.44. The van der Waals surface area contributed by atoms with Gasteiger partial charge in [-0.2, -0.15) is 0 Å². The predicted molar refractivity (Wildman–Crippen MR) is 60.6 cm³/mol. The Morgan fingerprint density at radius 1 is 0.933 bits per heavy atom. The van der Waals surface area contributed by atoms with Gasteiger partial charge in [0.15, 0.2) is 0 Å². The number of hydrogen-bond acceptors (Lipinski definition) is 2. The lowest BCUT2D eigenvalue weighted by atomic mass is 9.65. The fourth-order valence-electron chi connectivity index (χ4n) is 3.64. The Labute approximate surface area is 92.7 Å². The van der Waals surface area contributed by atoms with Gasteiger partial charge in [0.05, 0.1) is 5.60 Å². The van der Waals surface area contributed by atoms with E-state index in [-0.39, 0.29) is 12.5 Å². The first kappa shape index (κ1) is 11.4. The van der Waals surface area contributed by atoms with Crippen molar-refractivity contribution >= 4 is 0 Å². The lowest BCUT2D eigenvalue weighted by molar-refractivity contribution is -0.117. The highest BCUT2D eigenvalue weighted by Gasteiger charge is 2.44. The quantitative estimate of drug-likeness (QED) is 0.738. The molecule has 2 aliphatic rings. The average Bonchev–Trinajstić information content (AvgIpc) is 2.31. The van der Waals surface area contributed by atoms with E-state index in [1.807, 2.05) is 0 Å². The van der Waals surface area contributed by atoms with Crippen LogP contribution in [0, 0.1) is 11.8 Å². The molecule has 0 aromatic heterocycles. The van der Waals surface area contributed by atoms with Gasteiger partial charge in [-0.05, 0) is 31.6 Å².